The molecule has 0 spiro atoms. The van der Waals surface area contributed by atoms with Crippen molar-refractivity contribution in [3.63, 3.8) is 0 Å². The zero-order chi connectivity index (χ0) is 16.2. The molecule has 0 atom stereocenters. The van der Waals surface area contributed by atoms with Crippen LogP contribution < -0.4 is 5.48 Å². The summed E-state index contributed by atoms with van der Waals surface area (Å²) in [4.78, 5) is 12.3. The maximum atomic E-state index is 12.7. The van der Waals surface area contributed by atoms with Gasteiger partial charge >= 0.3 is 0 Å². The molecule has 0 aliphatic heterocycles. The van der Waals surface area contributed by atoms with Gasteiger partial charge in [-0.1, -0.05) is 23.8 Å². The molecule has 0 saturated heterocycles. The number of amides is 1. The first-order valence-corrected chi connectivity index (χ1v) is 8.77. The third kappa shape index (κ3) is 3.92. The van der Waals surface area contributed by atoms with E-state index in [4.69, 9.17) is 5.21 Å². The normalized spacial score (nSPS) is 11.6. The van der Waals surface area contributed by atoms with Crippen molar-refractivity contribution in [2.75, 3.05) is 6.54 Å². The number of nitrogens with zero attached hydrogens (tertiary/aromatic N) is 1. The zero-order valence-corrected chi connectivity index (χ0v) is 13.5. The number of carbonyl (C=O) groups is 1. The smallest absolute Gasteiger partial charge is 0.258 e. The summed E-state index contributed by atoms with van der Waals surface area (Å²) in [6, 6.07) is 10.00. The van der Waals surface area contributed by atoms with Gasteiger partial charge in [0, 0.05) is 11.4 Å². The fourth-order valence-corrected chi connectivity index (χ4v) is 4.03. The molecule has 0 aliphatic carbocycles. The van der Waals surface area contributed by atoms with Gasteiger partial charge in [-0.3, -0.25) is 10.0 Å². The van der Waals surface area contributed by atoms with Gasteiger partial charge in [-0.25, -0.2) is 13.9 Å². The van der Waals surface area contributed by atoms with Gasteiger partial charge in [-0.05, 0) is 30.5 Å². The molecular formula is C14H16N2O4S2. The predicted molar refractivity (Wildman–Crippen MR) is 83.0 cm³/mol. The lowest BCUT2D eigenvalue weighted by Crippen LogP contribution is -2.39. The molecule has 0 aliphatic rings. The lowest BCUT2D eigenvalue weighted by atomic mass is 10.2. The van der Waals surface area contributed by atoms with Crippen molar-refractivity contribution in [3.05, 3.63) is 52.2 Å². The minimum atomic E-state index is -3.83. The molecule has 1 heterocycles. The van der Waals surface area contributed by atoms with Crippen molar-refractivity contribution < 1.29 is 18.4 Å². The molecule has 8 heteroatoms. The maximum absolute atomic E-state index is 12.7. The van der Waals surface area contributed by atoms with E-state index in [1.54, 1.807) is 18.2 Å². The predicted octanol–water partition coefficient (Wildman–Crippen LogP) is 1.75. The number of hydrogen-bond acceptors (Lipinski definition) is 5. The summed E-state index contributed by atoms with van der Waals surface area (Å²) in [5, 5.41) is 10.5. The Kier molecular flexibility index (Phi) is 5.30. The number of hydrogen-bond donors (Lipinski definition) is 2. The molecule has 0 radical (unpaired) electrons. The second kappa shape index (κ2) is 7.01. The van der Waals surface area contributed by atoms with Crippen LogP contribution in [0.2, 0.25) is 0 Å². The van der Waals surface area contributed by atoms with Crippen molar-refractivity contribution >= 4 is 27.3 Å². The molecule has 22 heavy (non-hydrogen) atoms. The summed E-state index contributed by atoms with van der Waals surface area (Å²) in [7, 11) is -3.83. The summed E-state index contributed by atoms with van der Waals surface area (Å²) in [6.07, 6.45) is 0. The number of thiophene rings is 1. The highest BCUT2D eigenvalue weighted by Crippen LogP contribution is 2.20. The van der Waals surface area contributed by atoms with E-state index in [1.165, 1.54) is 28.9 Å². The average Bonchev–Trinajstić information content (AvgIpc) is 3.00. The van der Waals surface area contributed by atoms with E-state index in [2.05, 4.69) is 0 Å². The second-order valence-electron chi connectivity index (χ2n) is 4.70. The summed E-state index contributed by atoms with van der Waals surface area (Å²) in [5.74, 6) is -0.785. The quantitative estimate of drug-likeness (QED) is 0.620. The van der Waals surface area contributed by atoms with Crippen LogP contribution in [0.4, 0.5) is 0 Å². The second-order valence-corrected chi connectivity index (χ2v) is 7.67. The Bertz CT molecular complexity index is 725. The first kappa shape index (κ1) is 16.6. The van der Waals surface area contributed by atoms with Crippen molar-refractivity contribution in [2.45, 2.75) is 18.4 Å². The van der Waals surface area contributed by atoms with Crippen LogP contribution in [0.1, 0.15) is 10.4 Å². The Balaban J connectivity index is 2.33. The maximum Gasteiger partial charge on any atom is 0.258 e. The van der Waals surface area contributed by atoms with E-state index in [0.29, 0.717) is 0 Å². The Morgan fingerprint density at radius 1 is 1.27 bits per heavy atom. The van der Waals surface area contributed by atoms with Gasteiger partial charge in [-0.2, -0.15) is 4.31 Å². The highest BCUT2D eigenvalue weighted by Gasteiger charge is 2.27. The molecule has 0 bridgehead atoms. The monoisotopic (exact) mass is 340 g/mol. The number of benzene rings is 1. The van der Waals surface area contributed by atoms with Crippen molar-refractivity contribution in [1.82, 2.24) is 9.79 Å². The van der Waals surface area contributed by atoms with Crippen molar-refractivity contribution in [1.29, 1.82) is 0 Å². The lowest BCUT2D eigenvalue weighted by molar-refractivity contribution is -0.129. The van der Waals surface area contributed by atoms with E-state index >= 15 is 0 Å². The molecule has 1 aromatic carbocycles. The molecule has 2 N–H and O–H groups in total. The van der Waals surface area contributed by atoms with Gasteiger partial charge in [0.05, 0.1) is 11.4 Å². The van der Waals surface area contributed by atoms with Gasteiger partial charge in [0.2, 0.25) is 10.0 Å². The van der Waals surface area contributed by atoms with Crippen LogP contribution in [0.3, 0.4) is 0 Å². The third-order valence-corrected chi connectivity index (χ3v) is 5.68. The van der Waals surface area contributed by atoms with Crippen LogP contribution in [-0.4, -0.2) is 30.4 Å². The standard InChI is InChI=1S/C14H16N2O4S2/c1-11-4-6-13(7-5-11)22(19,20)16(10-14(17)15-18)9-12-3-2-8-21-12/h2-8,18H,9-10H2,1H3,(H,15,17). The molecule has 1 aromatic heterocycles. The largest absolute Gasteiger partial charge is 0.289 e. The fraction of sp³-hybridized carbons (Fsp3) is 0.214. The number of aryl methyl sites for hydroxylation is 1. The van der Waals surface area contributed by atoms with E-state index in [9.17, 15) is 13.2 Å². The Morgan fingerprint density at radius 2 is 1.95 bits per heavy atom. The van der Waals surface area contributed by atoms with Gasteiger partial charge in [-0.15, -0.1) is 11.3 Å². The molecule has 0 fully saturated rings. The molecule has 2 rings (SSSR count). The van der Waals surface area contributed by atoms with E-state index in [0.717, 1.165) is 14.7 Å². The van der Waals surface area contributed by atoms with Gasteiger partial charge < -0.3 is 0 Å². The van der Waals surface area contributed by atoms with Crippen LogP contribution in [0.5, 0.6) is 0 Å². The first-order chi connectivity index (χ1) is 10.4. The van der Waals surface area contributed by atoms with E-state index in [-0.39, 0.29) is 11.4 Å². The van der Waals surface area contributed by atoms with Gasteiger partial charge in [0.25, 0.3) is 5.91 Å². The number of carbonyl (C=O) groups excluding carboxylic acids is 1. The molecular weight excluding hydrogens is 324 g/mol. The molecule has 0 saturated carbocycles. The van der Waals surface area contributed by atoms with Crippen LogP contribution in [0, 0.1) is 6.92 Å². The molecule has 6 nitrogen and oxygen atoms in total. The number of nitrogens with one attached hydrogen (secondary N) is 1. The Hall–Kier alpha value is -1.74. The number of rotatable bonds is 6. The third-order valence-electron chi connectivity index (χ3n) is 3.02. The van der Waals surface area contributed by atoms with Crippen LogP contribution >= 0.6 is 11.3 Å². The summed E-state index contributed by atoms with van der Waals surface area (Å²) in [6.45, 7) is 1.48. The average molecular weight is 340 g/mol. The summed E-state index contributed by atoms with van der Waals surface area (Å²) < 4.78 is 26.4. The lowest BCUT2D eigenvalue weighted by Gasteiger charge is -2.20. The number of hydroxylamine groups is 1. The minimum Gasteiger partial charge on any atom is -0.289 e. The Labute approximate surface area is 133 Å². The van der Waals surface area contributed by atoms with Crippen LogP contribution in [0.25, 0.3) is 0 Å². The van der Waals surface area contributed by atoms with Crippen LogP contribution in [-0.2, 0) is 21.4 Å². The highest BCUT2D eigenvalue weighted by atomic mass is 32.2. The minimum absolute atomic E-state index is 0.0707. The van der Waals surface area contributed by atoms with Gasteiger partial charge in [0.15, 0.2) is 0 Å². The molecule has 1 amide bonds. The van der Waals surface area contributed by atoms with Crippen molar-refractivity contribution in [2.24, 2.45) is 0 Å². The number of sulfonamides is 1. The first-order valence-electron chi connectivity index (χ1n) is 6.45. The van der Waals surface area contributed by atoms with Crippen LogP contribution in [0.15, 0.2) is 46.7 Å². The zero-order valence-electron chi connectivity index (χ0n) is 11.9. The Morgan fingerprint density at radius 3 is 2.50 bits per heavy atom. The van der Waals surface area contributed by atoms with E-state index < -0.39 is 22.5 Å². The van der Waals surface area contributed by atoms with E-state index in [1.807, 2.05) is 18.4 Å². The summed E-state index contributed by atoms with van der Waals surface area (Å²) >= 11 is 1.40. The SMILES string of the molecule is Cc1ccc(S(=O)(=O)N(CC(=O)NO)Cc2cccs2)cc1. The highest BCUT2D eigenvalue weighted by molar-refractivity contribution is 7.89. The topological polar surface area (TPSA) is 86.7 Å². The molecule has 0 unspecified atom stereocenters. The molecule has 118 valence electrons. The summed E-state index contributed by atoms with van der Waals surface area (Å²) in [5.41, 5.74) is 2.41. The fourth-order valence-electron chi connectivity index (χ4n) is 1.86. The van der Waals surface area contributed by atoms with Crippen molar-refractivity contribution in [3.8, 4) is 0 Å². The van der Waals surface area contributed by atoms with Gasteiger partial charge in [0.1, 0.15) is 0 Å². The molecule has 2 aromatic rings.